The number of aromatic nitrogens is 3. The quantitative estimate of drug-likeness (QED) is 0.576. The number of aryl methyl sites for hydroxylation is 2. The minimum absolute atomic E-state index is 0.0178. The Morgan fingerprint density at radius 3 is 3.07 bits per heavy atom. The second kappa shape index (κ2) is 8.70. The Morgan fingerprint density at radius 2 is 2.33 bits per heavy atom. The smallest absolute Gasteiger partial charge is 0.243 e. The monoisotopic (exact) mass is 373 g/mol. The lowest BCUT2D eigenvalue weighted by molar-refractivity contribution is -0.127. The molecule has 0 bridgehead atoms. The normalized spacial score (nSPS) is 16.7. The van der Waals surface area contributed by atoms with Crippen molar-refractivity contribution in [3.63, 3.8) is 0 Å². The molecule has 9 heteroatoms. The Kier molecular flexibility index (Phi) is 6.10. The Balaban J connectivity index is 1.67. The Bertz CT molecular complexity index is 780. The summed E-state index contributed by atoms with van der Waals surface area (Å²) in [7, 11) is 3.45. The molecule has 0 saturated carbocycles. The van der Waals surface area contributed by atoms with Crippen molar-refractivity contribution in [2.24, 2.45) is 4.99 Å². The number of fused-ring (bicyclic) bond motifs is 1. The fourth-order valence-corrected chi connectivity index (χ4v) is 2.97. The summed E-state index contributed by atoms with van der Waals surface area (Å²) in [6, 6.07) is 3.83. The van der Waals surface area contributed by atoms with Gasteiger partial charge < -0.3 is 20.0 Å². The lowest BCUT2D eigenvalue weighted by Crippen LogP contribution is -2.43. The minimum Gasteiger partial charge on any atom is -0.469 e. The summed E-state index contributed by atoms with van der Waals surface area (Å²) < 4.78 is 7.31. The first-order chi connectivity index (χ1) is 13.0. The van der Waals surface area contributed by atoms with Crippen LogP contribution in [0.4, 0.5) is 0 Å². The number of amides is 1. The van der Waals surface area contributed by atoms with Crippen LogP contribution in [0.2, 0.25) is 0 Å². The molecule has 27 heavy (non-hydrogen) atoms. The average Bonchev–Trinajstić information content (AvgIpc) is 3.28. The van der Waals surface area contributed by atoms with Gasteiger partial charge in [0.25, 0.3) is 0 Å². The maximum Gasteiger partial charge on any atom is 0.243 e. The molecule has 1 unspecified atom stereocenters. The number of aliphatic imine (C=N–C) groups is 1. The zero-order valence-electron chi connectivity index (χ0n) is 16.1. The molecule has 0 spiro atoms. The van der Waals surface area contributed by atoms with Crippen LogP contribution in [-0.4, -0.2) is 58.7 Å². The molecule has 1 amide bonds. The lowest BCUT2D eigenvalue weighted by Gasteiger charge is -2.25. The van der Waals surface area contributed by atoms with Crippen LogP contribution in [0.25, 0.3) is 0 Å². The van der Waals surface area contributed by atoms with Gasteiger partial charge in [-0.1, -0.05) is 0 Å². The van der Waals surface area contributed by atoms with Gasteiger partial charge in [-0.05, 0) is 31.9 Å². The van der Waals surface area contributed by atoms with E-state index >= 15 is 0 Å². The molecule has 0 aromatic carbocycles. The first-order valence-electron chi connectivity index (χ1n) is 9.21. The van der Waals surface area contributed by atoms with Crippen LogP contribution in [0.5, 0.6) is 0 Å². The SMILES string of the molecule is Cc1nc2n(n1)CCCC2NC(=NCC(=O)N(C)C)NCCc1ccco1. The van der Waals surface area contributed by atoms with Gasteiger partial charge in [0, 0.05) is 33.6 Å². The Morgan fingerprint density at radius 1 is 1.48 bits per heavy atom. The predicted molar refractivity (Wildman–Crippen MR) is 101 cm³/mol. The second-order valence-corrected chi connectivity index (χ2v) is 6.79. The number of hydrogen-bond donors (Lipinski definition) is 2. The third-order valence-electron chi connectivity index (χ3n) is 4.41. The number of guanidine groups is 1. The molecule has 0 aliphatic carbocycles. The number of carbonyl (C=O) groups is 1. The Hall–Kier alpha value is -2.84. The van der Waals surface area contributed by atoms with E-state index in [0.717, 1.165) is 43.2 Å². The second-order valence-electron chi connectivity index (χ2n) is 6.79. The molecular weight excluding hydrogens is 346 g/mol. The standard InChI is InChI=1S/C18H27N7O2/c1-13-21-17-15(7-4-10-25(17)23-13)22-18(20-12-16(26)24(2)3)19-9-8-14-6-5-11-27-14/h5-6,11,15H,4,7-10,12H2,1-3H3,(H2,19,20,22). The van der Waals surface area contributed by atoms with Crippen LogP contribution in [0.1, 0.15) is 36.3 Å². The van der Waals surface area contributed by atoms with Crippen LogP contribution in [-0.2, 0) is 17.8 Å². The largest absolute Gasteiger partial charge is 0.469 e. The van der Waals surface area contributed by atoms with E-state index in [2.05, 4.69) is 25.7 Å². The highest BCUT2D eigenvalue weighted by molar-refractivity contribution is 5.85. The molecule has 0 saturated heterocycles. The van der Waals surface area contributed by atoms with Gasteiger partial charge in [0.2, 0.25) is 5.91 Å². The van der Waals surface area contributed by atoms with Gasteiger partial charge in [0.15, 0.2) is 5.96 Å². The van der Waals surface area contributed by atoms with Gasteiger partial charge in [0.05, 0.1) is 12.3 Å². The summed E-state index contributed by atoms with van der Waals surface area (Å²) in [5.41, 5.74) is 0. The molecule has 1 atom stereocenters. The van der Waals surface area contributed by atoms with Crippen molar-refractivity contribution in [3.05, 3.63) is 35.8 Å². The molecule has 3 heterocycles. The number of furan rings is 1. The zero-order valence-corrected chi connectivity index (χ0v) is 16.1. The summed E-state index contributed by atoms with van der Waals surface area (Å²) in [6.07, 6.45) is 4.35. The summed E-state index contributed by atoms with van der Waals surface area (Å²) >= 11 is 0. The van der Waals surface area contributed by atoms with Crippen molar-refractivity contribution in [1.29, 1.82) is 0 Å². The summed E-state index contributed by atoms with van der Waals surface area (Å²) in [5.74, 6) is 3.13. The van der Waals surface area contributed by atoms with Crippen molar-refractivity contribution in [2.75, 3.05) is 27.2 Å². The Labute approximate surface area is 158 Å². The number of nitrogens with one attached hydrogen (secondary N) is 2. The fourth-order valence-electron chi connectivity index (χ4n) is 2.97. The van der Waals surface area contributed by atoms with Crippen LogP contribution >= 0.6 is 0 Å². The average molecular weight is 373 g/mol. The van der Waals surface area contributed by atoms with E-state index in [9.17, 15) is 4.79 Å². The van der Waals surface area contributed by atoms with E-state index in [-0.39, 0.29) is 18.5 Å². The van der Waals surface area contributed by atoms with Gasteiger partial charge in [-0.2, -0.15) is 5.10 Å². The van der Waals surface area contributed by atoms with E-state index in [1.807, 2.05) is 23.7 Å². The van der Waals surface area contributed by atoms with Gasteiger partial charge in [-0.3, -0.25) is 4.79 Å². The fraction of sp³-hybridized carbons (Fsp3) is 0.556. The summed E-state index contributed by atoms with van der Waals surface area (Å²) in [5, 5.41) is 11.1. The van der Waals surface area contributed by atoms with Crippen LogP contribution in [0.3, 0.4) is 0 Å². The van der Waals surface area contributed by atoms with Gasteiger partial charge >= 0.3 is 0 Å². The topological polar surface area (TPSA) is 101 Å². The zero-order chi connectivity index (χ0) is 19.2. The highest BCUT2D eigenvalue weighted by Gasteiger charge is 2.24. The number of carbonyl (C=O) groups excluding carboxylic acids is 1. The molecule has 2 aromatic heterocycles. The van der Waals surface area contributed by atoms with Crippen molar-refractivity contribution in [3.8, 4) is 0 Å². The van der Waals surface area contributed by atoms with E-state index in [1.165, 1.54) is 4.90 Å². The first kappa shape index (κ1) is 18.9. The lowest BCUT2D eigenvalue weighted by atomic mass is 10.1. The number of nitrogens with zero attached hydrogens (tertiary/aromatic N) is 5. The van der Waals surface area contributed by atoms with Crippen LogP contribution in [0.15, 0.2) is 27.8 Å². The van der Waals surface area contributed by atoms with Gasteiger partial charge in [0.1, 0.15) is 24.0 Å². The number of likely N-dealkylation sites (N-methyl/N-ethyl adjacent to an activating group) is 1. The molecule has 3 rings (SSSR count). The van der Waals surface area contributed by atoms with Gasteiger partial charge in [-0.15, -0.1) is 0 Å². The maximum atomic E-state index is 11.9. The molecule has 0 fully saturated rings. The molecule has 2 N–H and O–H groups in total. The van der Waals surface area contributed by atoms with Crippen molar-refractivity contribution < 1.29 is 9.21 Å². The molecule has 1 aliphatic rings. The van der Waals surface area contributed by atoms with E-state index in [0.29, 0.717) is 12.5 Å². The highest BCUT2D eigenvalue weighted by atomic mass is 16.3. The first-order valence-corrected chi connectivity index (χ1v) is 9.21. The van der Waals surface area contributed by atoms with Crippen molar-refractivity contribution in [2.45, 2.75) is 38.8 Å². The predicted octanol–water partition coefficient (Wildman–Crippen LogP) is 0.881. The molecule has 9 nitrogen and oxygen atoms in total. The highest BCUT2D eigenvalue weighted by Crippen LogP contribution is 2.22. The number of rotatable bonds is 6. The van der Waals surface area contributed by atoms with E-state index < -0.39 is 0 Å². The van der Waals surface area contributed by atoms with Crippen LogP contribution in [0, 0.1) is 6.92 Å². The van der Waals surface area contributed by atoms with Crippen molar-refractivity contribution >= 4 is 11.9 Å². The summed E-state index contributed by atoms with van der Waals surface area (Å²) in [4.78, 5) is 22.5. The van der Waals surface area contributed by atoms with E-state index in [4.69, 9.17) is 4.42 Å². The minimum atomic E-state index is -0.0511. The number of hydrogen-bond acceptors (Lipinski definition) is 5. The molecule has 146 valence electrons. The molecule has 2 aromatic rings. The maximum absolute atomic E-state index is 11.9. The summed E-state index contributed by atoms with van der Waals surface area (Å²) in [6.45, 7) is 3.51. The molecule has 1 aliphatic heterocycles. The van der Waals surface area contributed by atoms with E-state index in [1.54, 1.807) is 20.4 Å². The van der Waals surface area contributed by atoms with Gasteiger partial charge in [-0.25, -0.2) is 14.7 Å². The molecular formula is C18H27N7O2. The molecule has 0 radical (unpaired) electrons. The van der Waals surface area contributed by atoms with Crippen molar-refractivity contribution in [1.82, 2.24) is 30.3 Å². The third-order valence-corrected chi connectivity index (χ3v) is 4.41. The third kappa shape index (κ3) is 5.08. The van der Waals surface area contributed by atoms with Crippen LogP contribution < -0.4 is 10.6 Å².